The highest BCUT2D eigenvalue weighted by Crippen LogP contribution is 2.60. The van der Waals surface area contributed by atoms with Crippen molar-refractivity contribution in [2.24, 2.45) is 0 Å². The molecule has 0 amide bonds. The van der Waals surface area contributed by atoms with Crippen molar-refractivity contribution in [3.63, 3.8) is 0 Å². The number of anilines is 1. The second kappa shape index (κ2) is 11.4. The van der Waals surface area contributed by atoms with Gasteiger partial charge in [0.05, 0.1) is 19.8 Å². The standard InChI is InChI=1S/C45H38N2O2/c1-4-44(5-2)40-29-34(46-3)18-21-38(40)41-36-12-8-9-13-37(36)43-39(42(41)44)22-23-45(49-43,33-15-14-30-10-6-7-11-31(30)28-33)32-16-19-35(20-17-32)47-24-26-48-27-25-47/h6-23,28-29H,4-5,24-27H2,1-2H3. The zero-order valence-electron chi connectivity index (χ0n) is 28.0. The van der Waals surface area contributed by atoms with Crippen molar-refractivity contribution in [3.05, 3.63) is 155 Å². The van der Waals surface area contributed by atoms with Crippen molar-refractivity contribution in [3.8, 4) is 16.9 Å². The highest BCUT2D eigenvalue weighted by atomic mass is 16.5. The number of fused-ring (bicyclic) bond motifs is 9. The minimum atomic E-state index is -0.846. The third-order valence-corrected chi connectivity index (χ3v) is 11.4. The molecule has 0 aromatic heterocycles. The molecule has 49 heavy (non-hydrogen) atoms. The summed E-state index contributed by atoms with van der Waals surface area (Å²) in [6.45, 7) is 15.7. The van der Waals surface area contributed by atoms with Crippen molar-refractivity contribution in [1.82, 2.24) is 0 Å². The maximum atomic E-state index is 7.81. The van der Waals surface area contributed by atoms with Crippen LogP contribution in [0.1, 0.15) is 54.5 Å². The summed E-state index contributed by atoms with van der Waals surface area (Å²) in [6, 6.07) is 39.3. The van der Waals surface area contributed by atoms with Crippen LogP contribution in [0.3, 0.4) is 0 Å². The largest absolute Gasteiger partial charge is 0.472 e. The Labute approximate surface area is 288 Å². The van der Waals surface area contributed by atoms with E-state index in [2.05, 4.69) is 139 Å². The zero-order chi connectivity index (χ0) is 33.2. The van der Waals surface area contributed by atoms with Gasteiger partial charge in [-0.3, -0.25) is 0 Å². The number of benzene rings is 6. The SMILES string of the molecule is [C-]#[N+]c1ccc2c(c1)C(CC)(CC)c1c3c(c4ccccc4c1-2)OC(c1ccc(N2CCOCC2)cc1)(c1ccc2ccccc2c1)C=C3. The summed E-state index contributed by atoms with van der Waals surface area (Å²) in [6.07, 6.45) is 6.50. The van der Waals surface area contributed by atoms with E-state index >= 15 is 0 Å². The lowest BCUT2D eigenvalue weighted by atomic mass is 9.71. The first kappa shape index (κ1) is 29.7. The second-order valence-corrected chi connectivity index (χ2v) is 13.5. The van der Waals surface area contributed by atoms with Gasteiger partial charge in [0.2, 0.25) is 0 Å². The van der Waals surface area contributed by atoms with Crippen molar-refractivity contribution in [2.45, 2.75) is 37.7 Å². The summed E-state index contributed by atoms with van der Waals surface area (Å²) in [5.74, 6) is 0.923. The van der Waals surface area contributed by atoms with Crippen LogP contribution in [-0.4, -0.2) is 26.3 Å². The van der Waals surface area contributed by atoms with Gasteiger partial charge < -0.3 is 14.4 Å². The molecule has 6 aromatic rings. The normalized spacial score (nSPS) is 18.8. The van der Waals surface area contributed by atoms with Crippen LogP contribution in [0.25, 0.3) is 43.6 Å². The molecule has 1 saturated heterocycles. The molecule has 1 fully saturated rings. The van der Waals surface area contributed by atoms with Crippen molar-refractivity contribution >= 4 is 39.0 Å². The molecule has 1 aliphatic carbocycles. The van der Waals surface area contributed by atoms with E-state index in [-0.39, 0.29) is 5.41 Å². The Morgan fingerprint density at radius 3 is 2.22 bits per heavy atom. The van der Waals surface area contributed by atoms with E-state index in [1.54, 1.807) is 0 Å². The molecule has 0 saturated carbocycles. The summed E-state index contributed by atoms with van der Waals surface area (Å²) in [4.78, 5) is 6.24. The first-order valence-corrected chi connectivity index (χ1v) is 17.5. The average Bonchev–Trinajstić information content (AvgIpc) is 3.48. The van der Waals surface area contributed by atoms with Gasteiger partial charge in [-0.2, -0.15) is 0 Å². The molecule has 240 valence electrons. The smallest absolute Gasteiger partial charge is 0.187 e. The number of nitrogens with zero attached hydrogens (tertiary/aromatic N) is 2. The average molecular weight is 639 g/mol. The first-order chi connectivity index (χ1) is 24.1. The lowest BCUT2D eigenvalue weighted by molar-refractivity contribution is 0.122. The number of hydrogen-bond donors (Lipinski definition) is 0. The van der Waals surface area contributed by atoms with Crippen LogP contribution in [0.2, 0.25) is 0 Å². The van der Waals surface area contributed by atoms with E-state index in [9.17, 15) is 0 Å². The summed E-state index contributed by atoms with van der Waals surface area (Å²) >= 11 is 0. The predicted molar refractivity (Wildman–Crippen MR) is 201 cm³/mol. The van der Waals surface area contributed by atoms with Gasteiger partial charge in [-0.1, -0.05) is 111 Å². The summed E-state index contributed by atoms with van der Waals surface area (Å²) < 4.78 is 13.2. The molecule has 0 spiro atoms. The monoisotopic (exact) mass is 638 g/mol. The molecule has 1 atom stereocenters. The maximum Gasteiger partial charge on any atom is 0.187 e. The van der Waals surface area contributed by atoms with Crippen molar-refractivity contribution in [1.29, 1.82) is 0 Å². The van der Waals surface area contributed by atoms with E-state index < -0.39 is 5.60 Å². The third-order valence-electron chi connectivity index (χ3n) is 11.4. The van der Waals surface area contributed by atoms with Gasteiger partial charge in [-0.25, -0.2) is 4.85 Å². The van der Waals surface area contributed by atoms with Gasteiger partial charge >= 0.3 is 0 Å². The molecule has 2 heterocycles. The van der Waals surface area contributed by atoms with Gasteiger partial charge in [-0.15, -0.1) is 0 Å². The van der Waals surface area contributed by atoms with Crippen molar-refractivity contribution in [2.75, 3.05) is 31.2 Å². The first-order valence-electron chi connectivity index (χ1n) is 17.5. The van der Waals surface area contributed by atoms with Gasteiger partial charge in [-0.05, 0) is 75.5 Å². The minimum absolute atomic E-state index is 0.226. The third kappa shape index (κ3) is 4.32. The molecule has 0 N–H and O–H groups in total. The van der Waals surface area contributed by atoms with Crippen LogP contribution in [0.5, 0.6) is 5.75 Å². The quantitative estimate of drug-likeness (QED) is 0.176. The summed E-state index contributed by atoms with van der Waals surface area (Å²) in [5, 5.41) is 4.70. The number of morpholine rings is 1. The molecule has 6 aromatic carbocycles. The topological polar surface area (TPSA) is 26.1 Å². The Hall–Kier alpha value is -5.37. The van der Waals surface area contributed by atoms with Crippen LogP contribution in [0.15, 0.2) is 115 Å². The minimum Gasteiger partial charge on any atom is -0.472 e. The van der Waals surface area contributed by atoms with Crippen LogP contribution in [0, 0.1) is 6.57 Å². The molecule has 2 aliphatic heterocycles. The Morgan fingerprint density at radius 2 is 1.47 bits per heavy atom. The number of hydrogen-bond acceptors (Lipinski definition) is 3. The van der Waals surface area contributed by atoms with E-state index in [1.807, 2.05) is 6.07 Å². The molecular weight excluding hydrogens is 601 g/mol. The second-order valence-electron chi connectivity index (χ2n) is 13.5. The van der Waals surface area contributed by atoms with E-state index in [4.69, 9.17) is 16.0 Å². The maximum absolute atomic E-state index is 7.81. The molecule has 4 heteroatoms. The number of rotatable bonds is 5. The molecule has 4 nitrogen and oxygen atoms in total. The van der Waals surface area contributed by atoms with Crippen LogP contribution >= 0.6 is 0 Å². The van der Waals surface area contributed by atoms with Gasteiger partial charge in [0, 0.05) is 46.3 Å². The predicted octanol–water partition coefficient (Wildman–Crippen LogP) is 10.8. The van der Waals surface area contributed by atoms with E-state index in [0.717, 1.165) is 67.0 Å². The van der Waals surface area contributed by atoms with Crippen LogP contribution < -0.4 is 9.64 Å². The van der Waals surface area contributed by atoms with Gasteiger partial charge in [0.15, 0.2) is 11.3 Å². The Kier molecular flexibility index (Phi) is 6.90. The van der Waals surface area contributed by atoms with Gasteiger partial charge in [0.1, 0.15) is 5.75 Å². The molecular formula is C45H38N2O2. The highest BCUT2D eigenvalue weighted by Gasteiger charge is 2.47. The molecule has 1 unspecified atom stereocenters. The summed E-state index contributed by atoms with van der Waals surface area (Å²) in [5.41, 5.74) is 9.28. The zero-order valence-corrected chi connectivity index (χ0v) is 28.0. The Balaban J connectivity index is 1.30. The van der Waals surface area contributed by atoms with Gasteiger partial charge in [0.25, 0.3) is 0 Å². The lowest BCUT2D eigenvalue weighted by Crippen LogP contribution is -2.37. The van der Waals surface area contributed by atoms with Crippen LogP contribution in [0.4, 0.5) is 11.4 Å². The Morgan fingerprint density at radius 1 is 0.755 bits per heavy atom. The van der Waals surface area contributed by atoms with Crippen LogP contribution in [-0.2, 0) is 15.8 Å². The molecule has 0 bridgehead atoms. The van der Waals surface area contributed by atoms with E-state index in [1.165, 1.54) is 44.1 Å². The lowest BCUT2D eigenvalue weighted by Gasteiger charge is -2.39. The fourth-order valence-electron chi connectivity index (χ4n) is 8.84. The summed E-state index contributed by atoms with van der Waals surface area (Å²) in [7, 11) is 0. The molecule has 0 radical (unpaired) electrons. The molecule has 9 rings (SSSR count). The fourth-order valence-corrected chi connectivity index (χ4v) is 8.84. The van der Waals surface area contributed by atoms with E-state index in [0.29, 0.717) is 5.69 Å². The van der Waals surface area contributed by atoms with Crippen molar-refractivity contribution < 1.29 is 9.47 Å². The Bertz CT molecular complexity index is 2340. The number of ether oxygens (including phenoxy) is 2. The fraction of sp³-hybridized carbons (Fsp3) is 0.222. The highest BCUT2D eigenvalue weighted by molar-refractivity contribution is 6.08. The molecule has 3 aliphatic rings.